The number of pyridine rings is 1. The third-order valence-electron chi connectivity index (χ3n) is 6.51. The van der Waals surface area contributed by atoms with Gasteiger partial charge in [0.1, 0.15) is 5.82 Å². The Labute approximate surface area is 189 Å². The maximum absolute atomic E-state index is 14.3. The molecule has 166 valence electrons. The van der Waals surface area contributed by atoms with Crippen LogP contribution in [-0.4, -0.2) is 28.9 Å². The zero-order valence-corrected chi connectivity index (χ0v) is 18.6. The fourth-order valence-corrected chi connectivity index (χ4v) is 4.68. The molecule has 5 heteroatoms. The van der Waals surface area contributed by atoms with Crippen molar-refractivity contribution in [2.75, 3.05) is 18.4 Å². The Morgan fingerprint density at radius 3 is 2.44 bits per heavy atom. The molecule has 0 aliphatic carbocycles. The van der Waals surface area contributed by atoms with Crippen LogP contribution in [0.3, 0.4) is 0 Å². The van der Waals surface area contributed by atoms with Gasteiger partial charge in [0.25, 0.3) is 0 Å². The summed E-state index contributed by atoms with van der Waals surface area (Å²) in [6.45, 7) is 3.97. The van der Waals surface area contributed by atoms with Crippen molar-refractivity contribution < 1.29 is 9.18 Å². The summed E-state index contributed by atoms with van der Waals surface area (Å²) in [4.78, 5) is 18.3. The highest BCUT2D eigenvalue weighted by Gasteiger charge is 2.37. The number of carbonyl (C=O) groups is 1. The van der Waals surface area contributed by atoms with E-state index in [0.29, 0.717) is 6.54 Å². The number of amides is 1. The van der Waals surface area contributed by atoms with Gasteiger partial charge in [-0.3, -0.25) is 14.7 Å². The van der Waals surface area contributed by atoms with Crippen LogP contribution in [-0.2, 0) is 23.2 Å². The second kappa shape index (κ2) is 10.0. The van der Waals surface area contributed by atoms with E-state index < -0.39 is 0 Å². The first-order valence-corrected chi connectivity index (χ1v) is 11.3. The molecule has 1 amide bonds. The topological polar surface area (TPSA) is 45.2 Å². The van der Waals surface area contributed by atoms with Crippen LogP contribution in [0.1, 0.15) is 43.0 Å². The zero-order valence-electron chi connectivity index (χ0n) is 18.6. The Morgan fingerprint density at radius 1 is 1.03 bits per heavy atom. The summed E-state index contributed by atoms with van der Waals surface area (Å²) in [6.07, 6.45) is 6.06. The minimum Gasteiger partial charge on any atom is -0.324 e. The molecule has 4 rings (SSSR count). The molecule has 0 spiro atoms. The van der Waals surface area contributed by atoms with Gasteiger partial charge in [0.15, 0.2) is 0 Å². The molecule has 32 heavy (non-hydrogen) atoms. The number of aromatic nitrogens is 1. The van der Waals surface area contributed by atoms with Crippen LogP contribution in [0, 0.1) is 5.82 Å². The molecule has 1 aliphatic heterocycles. The number of benzene rings is 2. The van der Waals surface area contributed by atoms with Gasteiger partial charge in [0.2, 0.25) is 5.91 Å². The Kier molecular flexibility index (Phi) is 6.96. The van der Waals surface area contributed by atoms with Crippen LogP contribution in [0.4, 0.5) is 10.1 Å². The standard InChI is InChI=1S/C27H30FN3O/c1-21(32)30-25-11-10-23(19-24(25)28)20-31-17-14-27(15-18-31,26-9-5-6-16-29-26)13-12-22-7-3-2-4-8-22/h2-11,16,19H,12-15,17-18,20H2,1H3,(H,30,32). The summed E-state index contributed by atoms with van der Waals surface area (Å²) in [5.41, 5.74) is 3.76. The number of hydrogen-bond donors (Lipinski definition) is 1. The number of carbonyl (C=O) groups excluding carboxylic acids is 1. The molecule has 1 saturated heterocycles. The quantitative estimate of drug-likeness (QED) is 0.549. The first-order chi connectivity index (χ1) is 15.5. The predicted molar refractivity (Wildman–Crippen MR) is 126 cm³/mol. The first kappa shape index (κ1) is 22.2. The Hall–Kier alpha value is -3.05. The number of halogens is 1. The summed E-state index contributed by atoms with van der Waals surface area (Å²) in [6, 6.07) is 21.9. The molecule has 0 bridgehead atoms. The number of likely N-dealkylation sites (tertiary alicyclic amines) is 1. The van der Waals surface area contributed by atoms with Gasteiger partial charge >= 0.3 is 0 Å². The lowest BCUT2D eigenvalue weighted by Gasteiger charge is -2.42. The molecular weight excluding hydrogens is 401 g/mol. The monoisotopic (exact) mass is 431 g/mol. The molecule has 1 fully saturated rings. The summed E-state index contributed by atoms with van der Waals surface area (Å²) >= 11 is 0. The summed E-state index contributed by atoms with van der Waals surface area (Å²) in [7, 11) is 0. The van der Waals surface area contributed by atoms with Gasteiger partial charge < -0.3 is 5.32 Å². The van der Waals surface area contributed by atoms with Gasteiger partial charge in [0.05, 0.1) is 5.69 Å². The molecule has 3 aromatic rings. The van der Waals surface area contributed by atoms with E-state index in [1.165, 1.54) is 24.2 Å². The molecular formula is C27H30FN3O. The van der Waals surface area contributed by atoms with Crippen molar-refractivity contribution in [3.63, 3.8) is 0 Å². The smallest absolute Gasteiger partial charge is 0.221 e. The number of aryl methyl sites for hydroxylation is 1. The number of rotatable bonds is 7. The van der Waals surface area contributed by atoms with Gasteiger partial charge in [-0.25, -0.2) is 4.39 Å². The van der Waals surface area contributed by atoms with Gasteiger partial charge in [-0.2, -0.15) is 0 Å². The van der Waals surface area contributed by atoms with Gasteiger partial charge in [-0.1, -0.05) is 42.5 Å². The minimum atomic E-state index is -0.389. The third-order valence-corrected chi connectivity index (χ3v) is 6.51. The van der Waals surface area contributed by atoms with E-state index in [-0.39, 0.29) is 22.8 Å². The number of hydrogen-bond acceptors (Lipinski definition) is 3. The number of nitrogens with zero attached hydrogens (tertiary/aromatic N) is 2. The zero-order chi connectivity index (χ0) is 22.4. The van der Waals surface area contributed by atoms with E-state index in [0.717, 1.165) is 44.3 Å². The maximum atomic E-state index is 14.3. The molecule has 1 aliphatic rings. The predicted octanol–water partition coefficient (Wildman–Crippen LogP) is 5.35. The van der Waals surface area contributed by atoms with Gasteiger partial charge in [-0.05, 0) is 74.2 Å². The number of anilines is 1. The average Bonchev–Trinajstić information content (AvgIpc) is 2.82. The van der Waals surface area contributed by atoms with Crippen LogP contribution in [0.15, 0.2) is 72.9 Å². The molecule has 1 N–H and O–H groups in total. The Morgan fingerprint density at radius 2 is 1.78 bits per heavy atom. The second-order valence-corrected chi connectivity index (χ2v) is 8.75. The molecule has 2 heterocycles. The molecule has 0 radical (unpaired) electrons. The van der Waals surface area contributed by atoms with Crippen LogP contribution < -0.4 is 5.32 Å². The van der Waals surface area contributed by atoms with Crippen molar-refractivity contribution in [1.82, 2.24) is 9.88 Å². The Balaban J connectivity index is 1.43. The van der Waals surface area contributed by atoms with Gasteiger partial charge in [-0.15, -0.1) is 0 Å². The van der Waals surface area contributed by atoms with Crippen molar-refractivity contribution in [1.29, 1.82) is 0 Å². The average molecular weight is 432 g/mol. The lowest BCUT2D eigenvalue weighted by Crippen LogP contribution is -2.43. The van der Waals surface area contributed by atoms with E-state index in [4.69, 9.17) is 4.98 Å². The fraction of sp³-hybridized carbons (Fsp3) is 0.333. The minimum absolute atomic E-state index is 0.0636. The summed E-state index contributed by atoms with van der Waals surface area (Å²) in [5.74, 6) is -0.658. The second-order valence-electron chi connectivity index (χ2n) is 8.75. The first-order valence-electron chi connectivity index (χ1n) is 11.3. The van der Waals surface area contributed by atoms with Crippen molar-refractivity contribution in [3.8, 4) is 0 Å². The fourth-order valence-electron chi connectivity index (χ4n) is 4.68. The summed E-state index contributed by atoms with van der Waals surface area (Å²) < 4.78 is 14.3. The lowest BCUT2D eigenvalue weighted by molar-refractivity contribution is -0.114. The van der Waals surface area contributed by atoms with E-state index in [9.17, 15) is 9.18 Å². The van der Waals surface area contributed by atoms with E-state index >= 15 is 0 Å². The van der Waals surface area contributed by atoms with Crippen molar-refractivity contribution in [2.45, 2.75) is 44.6 Å². The van der Waals surface area contributed by atoms with Crippen molar-refractivity contribution in [3.05, 3.63) is 95.6 Å². The van der Waals surface area contributed by atoms with Crippen LogP contribution in [0.2, 0.25) is 0 Å². The van der Waals surface area contributed by atoms with Crippen LogP contribution >= 0.6 is 0 Å². The Bertz CT molecular complexity index is 1030. The normalized spacial score (nSPS) is 15.9. The van der Waals surface area contributed by atoms with Crippen LogP contribution in [0.5, 0.6) is 0 Å². The van der Waals surface area contributed by atoms with Crippen molar-refractivity contribution in [2.24, 2.45) is 0 Å². The largest absolute Gasteiger partial charge is 0.324 e. The highest BCUT2D eigenvalue weighted by atomic mass is 19.1. The molecule has 0 unspecified atom stereocenters. The van der Waals surface area contributed by atoms with Crippen molar-refractivity contribution >= 4 is 11.6 Å². The highest BCUT2D eigenvalue weighted by molar-refractivity contribution is 5.88. The summed E-state index contributed by atoms with van der Waals surface area (Å²) in [5, 5.41) is 2.53. The molecule has 0 atom stereocenters. The number of nitrogens with one attached hydrogen (secondary N) is 1. The molecule has 1 aromatic heterocycles. The van der Waals surface area contributed by atoms with E-state index in [1.807, 2.05) is 18.3 Å². The van der Waals surface area contributed by atoms with E-state index in [1.54, 1.807) is 6.07 Å². The molecule has 4 nitrogen and oxygen atoms in total. The molecule has 2 aromatic carbocycles. The van der Waals surface area contributed by atoms with E-state index in [2.05, 4.69) is 52.7 Å². The SMILES string of the molecule is CC(=O)Nc1ccc(CN2CCC(CCc3ccccc3)(c3ccccn3)CC2)cc1F. The van der Waals surface area contributed by atoms with Crippen LogP contribution in [0.25, 0.3) is 0 Å². The maximum Gasteiger partial charge on any atom is 0.221 e. The highest BCUT2D eigenvalue weighted by Crippen LogP contribution is 2.39. The lowest BCUT2D eigenvalue weighted by atomic mass is 9.71. The van der Waals surface area contributed by atoms with Gasteiger partial charge in [0, 0.05) is 30.8 Å². The third kappa shape index (κ3) is 5.40. The number of piperidine rings is 1. The molecule has 0 saturated carbocycles.